The molecule has 0 aliphatic carbocycles. The minimum absolute atomic E-state index is 0.665. The number of hydrogen-bond donors (Lipinski definition) is 0. The third-order valence-corrected chi connectivity index (χ3v) is 4.19. The standard InChI is InChI=1S/C13H7BrClNS/c14-13-8-17-7-12(13)11(4-5-16)9-2-1-3-10(15)6-9/h1-4,6-8H/b11-4-. The highest BCUT2D eigenvalue weighted by atomic mass is 79.9. The maximum atomic E-state index is 8.89. The fourth-order valence-electron chi connectivity index (χ4n) is 1.51. The first-order chi connectivity index (χ1) is 8.22. The molecule has 2 rings (SSSR count). The summed E-state index contributed by atoms with van der Waals surface area (Å²) in [7, 11) is 0. The van der Waals surface area contributed by atoms with Gasteiger partial charge in [-0.3, -0.25) is 0 Å². The smallest absolute Gasteiger partial charge is 0.0918 e. The van der Waals surface area contributed by atoms with Gasteiger partial charge in [0.1, 0.15) is 0 Å². The van der Waals surface area contributed by atoms with Gasteiger partial charge in [0.2, 0.25) is 0 Å². The van der Waals surface area contributed by atoms with Gasteiger partial charge in [-0.1, -0.05) is 23.7 Å². The number of nitriles is 1. The first-order valence-corrected chi connectivity index (χ1v) is 6.91. The Balaban J connectivity index is 2.56. The van der Waals surface area contributed by atoms with E-state index >= 15 is 0 Å². The lowest BCUT2D eigenvalue weighted by Crippen LogP contribution is -1.86. The Bertz CT molecular complexity index is 610. The van der Waals surface area contributed by atoms with Crippen LogP contribution in [0, 0.1) is 11.3 Å². The van der Waals surface area contributed by atoms with Crippen molar-refractivity contribution in [3.8, 4) is 6.07 Å². The second-order valence-corrected chi connectivity index (χ2v) is 5.37. The molecule has 0 aliphatic rings. The van der Waals surface area contributed by atoms with Crippen LogP contribution in [-0.2, 0) is 0 Å². The van der Waals surface area contributed by atoms with Crippen LogP contribution < -0.4 is 0 Å². The third-order valence-electron chi connectivity index (χ3n) is 2.25. The van der Waals surface area contributed by atoms with Crippen molar-refractivity contribution < 1.29 is 0 Å². The molecule has 0 saturated heterocycles. The molecule has 0 atom stereocenters. The van der Waals surface area contributed by atoms with E-state index in [-0.39, 0.29) is 0 Å². The van der Waals surface area contributed by atoms with Crippen molar-refractivity contribution in [3.63, 3.8) is 0 Å². The molecule has 0 fully saturated rings. The molecule has 1 aromatic carbocycles. The Hall–Kier alpha value is -1.08. The Morgan fingerprint density at radius 2 is 2.24 bits per heavy atom. The molecule has 2 aromatic rings. The van der Waals surface area contributed by atoms with Crippen LogP contribution in [0.4, 0.5) is 0 Å². The topological polar surface area (TPSA) is 23.8 Å². The number of benzene rings is 1. The van der Waals surface area contributed by atoms with E-state index in [0.717, 1.165) is 21.2 Å². The molecule has 1 heterocycles. The SMILES string of the molecule is N#C/C=C(/c1cccc(Cl)c1)c1cscc1Br. The van der Waals surface area contributed by atoms with E-state index in [1.807, 2.05) is 35.0 Å². The Morgan fingerprint density at radius 1 is 1.41 bits per heavy atom. The van der Waals surface area contributed by atoms with Crippen LogP contribution >= 0.6 is 38.9 Å². The summed E-state index contributed by atoms with van der Waals surface area (Å²) < 4.78 is 0.990. The molecule has 1 aromatic heterocycles. The average molecular weight is 325 g/mol. The molecule has 17 heavy (non-hydrogen) atoms. The molecule has 0 bridgehead atoms. The molecule has 4 heteroatoms. The summed E-state index contributed by atoms with van der Waals surface area (Å²) in [5.41, 5.74) is 2.83. The predicted molar refractivity (Wildman–Crippen MR) is 76.2 cm³/mol. The zero-order valence-electron chi connectivity index (χ0n) is 8.65. The zero-order valence-corrected chi connectivity index (χ0v) is 11.8. The van der Waals surface area contributed by atoms with Gasteiger partial charge in [-0.2, -0.15) is 16.6 Å². The van der Waals surface area contributed by atoms with Gasteiger partial charge >= 0.3 is 0 Å². The number of halogens is 2. The van der Waals surface area contributed by atoms with E-state index in [1.165, 1.54) is 0 Å². The number of rotatable bonds is 2. The molecule has 0 radical (unpaired) electrons. The van der Waals surface area contributed by atoms with E-state index < -0.39 is 0 Å². The first-order valence-electron chi connectivity index (χ1n) is 4.80. The van der Waals surface area contributed by atoms with Gasteiger partial charge in [0.25, 0.3) is 0 Å². The fraction of sp³-hybridized carbons (Fsp3) is 0. The lowest BCUT2D eigenvalue weighted by atomic mass is 10.0. The van der Waals surface area contributed by atoms with Crippen LogP contribution in [0.5, 0.6) is 0 Å². The molecule has 0 amide bonds. The number of hydrogen-bond acceptors (Lipinski definition) is 2. The van der Waals surface area contributed by atoms with Gasteiger partial charge in [0.15, 0.2) is 0 Å². The summed E-state index contributed by atoms with van der Waals surface area (Å²) >= 11 is 11.0. The van der Waals surface area contributed by atoms with E-state index in [2.05, 4.69) is 22.0 Å². The van der Waals surface area contributed by atoms with Crippen LogP contribution in [0.1, 0.15) is 11.1 Å². The molecule has 1 nitrogen and oxygen atoms in total. The van der Waals surface area contributed by atoms with Crippen LogP contribution in [0.2, 0.25) is 5.02 Å². The average Bonchev–Trinajstić information content (AvgIpc) is 2.72. The molecule has 0 unspecified atom stereocenters. The highest BCUT2D eigenvalue weighted by molar-refractivity contribution is 9.10. The molecule has 84 valence electrons. The summed E-state index contributed by atoms with van der Waals surface area (Å²) in [6.07, 6.45) is 1.54. The van der Waals surface area contributed by atoms with Gasteiger partial charge in [0, 0.05) is 32.1 Å². The summed E-state index contributed by atoms with van der Waals surface area (Å²) in [4.78, 5) is 0. The lowest BCUT2D eigenvalue weighted by Gasteiger charge is -2.06. The monoisotopic (exact) mass is 323 g/mol. The summed E-state index contributed by atoms with van der Waals surface area (Å²) in [6, 6.07) is 9.57. The predicted octanol–water partition coefficient (Wildman–Crippen LogP) is 5.12. The minimum atomic E-state index is 0.665. The summed E-state index contributed by atoms with van der Waals surface area (Å²) in [5.74, 6) is 0. The first kappa shape index (κ1) is 12.4. The van der Waals surface area contributed by atoms with Gasteiger partial charge in [-0.25, -0.2) is 0 Å². The van der Waals surface area contributed by atoms with E-state index in [9.17, 15) is 0 Å². The van der Waals surface area contributed by atoms with E-state index in [1.54, 1.807) is 17.4 Å². The highest BCUT2D eigenvalue weighted by Gasteiger charge is 2.10. The second kappa shape index (κ2) is 5.50. The van der Waals surface area contributed by atoms with Crippen molar-refractivity contribution in [1.29, 1.82) is 5.26 Å². The Labute approximate surface area is 117 Å². The highest BCUT2D eigenvalue weighted by Crippen LogP contribution is 2.33. The molecular formula is C13H7BrClNS. The zero-order chi connectivity index (χ0) is 12.3. The molecular weight excluding hydrogens is 318 g/mol. The number of thiophene rings is 1. The van der Waals surface area contributed by atoms with Crippen molar-refractivity contribution in [1.82, 2.24) is 0 Å². The minimum Gasteiger partial charge on any atom is -0.193 e. The largest absolute Gasteiger partial charge is 0.193 e. The summed E-state index contributed by atoms with van der Waals surface area (Å²) in [5, 5.41) is 13.5. The van der Waals surface area contributed by atoms with Crippen LogP contribution in [0.25, 0.3) is 5.57 Å². The maximum absolute atomic E-state index is 8.89. The molecule has 0 N–H and O–H groups in total. The van der Waals surface area contributed by atoms with E-state index in [0.29, 0.717) is 5.02 Å². The number of allylic oxidation sites excluding steroid dienone is 1. The van der Waals surface area contributed by atoms with Crippen LogP contribution in [0.15, 0.2) is 45.6 Å². The van der Waals surface area contributed by atoms with Crippen molar-refractivity contribution in [2.45, 2.75) is 0 Å². The maximum Gasteiger partial charge on any atom is 0.0918 e. The normalized spacial score (nSPS) is 11.2. The van der Waals surface area contributed by atoms with Gasteiger partial charge < -0.3 is 0 Å². The Kier molecular flexibility index (Phi) is 4.01. The second-order valence-electron chi connectivity index (χ2n) is 3.33. The van der Waals surface area contributed by atoms with Crippen molar-refractivity contribution in [3.05, 3.63) is 61.7 Å². The molecule has 0 aliphatic heterocycles. The van der Waals surface area contributed by atoms with Crippen molar-refractivity contribution >= 4 is 44.4 Å². The molecule has 0 spiro atoms. The fourth-order valence-corrected chi connectivity index (χ4v) is 3.21. The van der Waals surface area contributed by atoms with Crippen LogP contribution in [0.3, 0.4) is 0 Å². The number of nitrogens with zero attached hydrogens (tertiary/aromatic N) is 1. The quantitative estimate of drug-likeness (QED) is 0.703. The van der Waals surface area contributed by atoms with Gasteiger partial charge in [0.05, 0.1) is 6.07 Å². The third kappa shape index (κ3) is 2.78. The summed E-state index contributed by atoms with van der Waals surface area (Å²) in [6.45, 7) is 0. The van der Waals surface area contributed by atoms with Gasteiger partial charge in [-0.15, -0.1) is 0 Å². The van der Waals surface area contributed by atoms with E-state index in [4.69, 9.17) is 16.9 Å². The van der Waals surface area contributed by atoms with Gasteiger partial charge in [-0.05, 0) is 39.0 Å². The lowest BCUT2D eigenvalue weighted by molar-refractivity contribution is 1.52. The van der Waals surface area contributed by atoms with Crippen molar-refractivity contribution in [2.75, 3.05) is 0 Å². The Morgan fingerprint density at radius 3 is 2.82 bits per heavy atom. The van der Waals surface area contributed by atoms with Crippen LogP contribution in [-0.4, -0.2) is 0 Å². The van der Waals surface area contributed by atoms with Crippen molar-refractivity contribution in [2.24, 2.45) is 0 Å². The molecule has 0 saturated carbocycles.